The molecule has 1 amide bonds. The van der Waals surface area contributed by atoms with E-state index in [1.807, 2.05) is 25.1 Å². The van der Waals surface area contributed by atoms with Crippen LogP contribution >= 0.6 is 0 Å². The van der Waals surface area contributed by atoms with Crippen LogP contribution in [-0.4, -0.2) is 18.7 Å². The van der Waals surface area contributed by atoms with E-state index in [9.17, 15) is 4.79 Å². The first-order valence-corrected chi connectivity index (χ1v) is 11.4. The molecule has 1 heterocycles. The van der Waals surface area contributed by atoms with Gasteiger partial charge >= 0.3 is 0 Å². The molecule has 2 rings (SSSR count). The average molecular weight is 412 g/mol. The summed E-state index contributed by atoms with van der Waals surface area (Å²) in [5.74, 6) is 1.71. The lowest BCUT2D eigenvalue weighted by molar-refractivity contribution is -0.117. The van der Waals surface area contributed by atoms with Gasteiger partial charge in [0.2, 0.25) is 12.7 Å². The standard InChI is InChI=1S/C26H37NO3/c1-3-22(2)27-26(28)17-15-13-11-9-7-5-4-6-8-10-12-14-16-23-18-19-24-25(20-23)30-21-29-24/h10-13,15,17-20,22H,3-9,14,16,21H2,1-2H3,(H,27,28). The van der Waals surface area contributed by atoms with Crippen LogP contribution in [0.25, 0.3) is 0 Å². The first-order valence-electron chi connectivity index (χ1n) is 11.4. The fourth-order valence-electron chi connectivity index (χ4n) is 3.17. The van der Waals surface area contributed by atoms with Gasteiger partial charge in [-0.2, -0.15) is 0 Å². The average Bonchev–Trinajstić information content (AvgIpc) is 3.21. The summed E-state index contributed by atoms with van der Waals surface area (Å²) in [5, 5.41) is 2.92. The minimum Gasteiger partial charge on any atom is -0.454 e. The molecule has 1 aromatic carbocycles. The van der Waals surface area contributed by atoms with Crippen LogP contribution in [0, 0.1) is 0 Å². The van der Waals surface area contributed by atoms with Crippen molar-refractivity contribution in [3.05, 3.63) is 60.2 Å². The Morgan fingerprint density at radius 2 is 1.73 bits per heavy atom. The smallest absolute Gasteiger partial charge is 0.244 e. The Balaban J connectivity index is 1.42. The first kappa shape index (κ1) is 23.8. The van der Waals surface area contributed by atoms with Crippen molar-refractivity contribution in [3.8, 4) is 11.5 Å². The summed E-state index contributed by atoms with van der Waals surface area (Å²) in [6, 6.07) is 6.43. The van der Waals surface area contributed by atoms with Gasteiger partial charge in [-0.3, -0.25) is 4.79 Å². The molecule has 0 radical (unpaired) electrons. The molecule has 1 atom stereocenters. The first-order chi connectivity index (χ1) is 14.7. The number of ether oxygens (including phenoxy) is 2. The van der Waals surface area contributed by atoms with Crippen LogP contribution < -0.4 is 14.8 Å². The predicted octanol–water partition coefficient (Wildman–Crippen LogP) is 6.27. The van der Waals surface area contributed by atoms with E-state index in [-0.39, 0.29) is 11.9 Å². The highest BCUT2D eigenvalue weighted by atomic mass is 16.7. The van der Waals surface area contributed by atoms with E-state index in [0.29, 0.717) is 6.79 Å². The van der Waals surface area contributed by atoms with E-state index in [1.54, 1.807) is 6.08 Å². The number of rotatable bonds is 14. The third kappa shape index (κ3) is 9.82. The van der Waals surface area contributed by atoms with Crippen molar-refractivity contribution in [2.24, 2.45) is 0 Å². The fraction of sp³-hybridized carbons (Fsp3) is 0.500. The number of aryl methyl sites for hydroxylation is 1. The van der Waals surface area contributed by atoms with Gasteiger partial charge < -0.3 is 14.8 Å². The quantitative estimate of drug-likeness (QED) is 0.170. The topological polar surface area (TPSA) is 47.6 Å². The number of allylic oxidation sites excluding steroid dienone is 5. The van der Waals surface area contributed by atoms with E-state index >= 15 is 0 Å². The van der Waals surface area contributed by atoms with Crippen LogP contribution in [0.4, 0.5) is 0 Å². The molecule has 1 aromatic rings. The number of unbranched alkanes of at least 4 members (excludes halogenated alkanes) is 5. The fourth-order valence-corrected chi connectivity index (χ4v) is 3.17. The zero-order valence-electron chi connectivity index (χ0n) is 18.6. The maximum atomic E-state index is 11.6. The van der Waals surface area contributed by atoms with Crippen molar-refractivity contribution in [3.63, 3.8) is 0 Å². The second-order valence-corrected chi connectivity index (χ2v) is 7.79. The van der Waals surface area contributed by atoms with Crippen LogP contribution in [-0.2, 0) is 11.2 Å². The molecule has 1 aliphatic heterocycles. The summed E-state index contributed by atoms with van der Waals surface area (Å²) in [6.07, 6.45) is 22.4. The third-order valence-electron chi connectivity index (χ3n) is 5.19. The Bertz CT molecular complexity index is 721. The Kier molecular flexibility index (Phi) is 11.5. The molecule has 1 unspecified atom stereocenters. The summed E-state index contributed by atoms with van der Waals surface area (Å²) < 4.78 is 10.8. The highest BCUT2D eigenvalue weighted by molar-refractivity contribution is 5.87. The van der Waals surface area contributed by atoms with E-state index in [0.717, 1.165) is 43.6 Å². The van der Waals surface area contributed by atoms with Gasteiger partial charge in [-0.15, -0.1) is 0 Å². The zero-order chi connectivity index (χ0) is 21.4. The largest absolute Gasteiger partial charge is 0.454 e. The van der Waals surface area contributed by atoms with Crippen molar-refractivity contribution in [2.45, 2.75) is 77.7 Å². The van der Waals surface area contributed by atoms with Gasteiger partial charge in [0, 0.05) is 12.1 Å². The minimum atomic E-state index is -0.0158. The number of amides is 1. The molecule has 0 saturated heterocycles. The number of hydrogen-bond acceptors (Lipinski definition) is 3. The SMILES string of the molecule is CCC(C)NC(=O)C=CC=CCCCCCCC=CCCc1ccc2c(c1)OCO2. The number of carbonyl (C=O) groups excluding carboxylic acids is 1. The Hall–Kier alpha value is -2.49. The molecular formula is C26H37NO3. The van der Waals surface area contributed by atoms with Crippen LogP contribution in [0.3, 0.4) is 0 Å². The van der Waals surface area contributed by atoms with Gasteiger partial charge in [0.15, 0.2) is 11.5 Å². The summed E-state index contributed by atoms with van der Waals surface area (Å²) in [4.78, 5) is 11.6. The molecule has 0 saturated carbocycles. The normalized spacial score (nSPS) is 14.2. The van der Waals surface area contributed by atoms with Gasteiger partial charge in [0.25, 0.3) is 0 Å². The van der Waals surface area contributed by atoms with Crippen molar-refractivity contribution >= 4 is 5.91 Å². The maximum Gasteiger partial charge on any atom is 0.244 e. The maximum absolute atomic E-state index is 11.6. The van der Waals surface area contributed by atoms with Crippen LogP contribution in [0.5, 0.6) is 11.5 Å². The third-order valence-corrected chi connectivity index (χ3v) is 5.19. The summed E-state index contributed by atoms with van der Waals surface area (Å²) >= 11 is 0. The van der Waals surface area contributed by atoms with Crippen LogP contribution in [0.15, 0.2) is 54.7 Å². The molecular weight excluding hydrogens is 374 g/mol. The molecule has 164 valence electrons. The lowest BCUT2D eigenvalue weighted by Crippen LogP contribution is -2.30. The van der Waals surface area contributed by atoms with Crippen molar-refractivity contribution in [1.29, 1.82) is 0 Å². The molecule has 1 N–H and O–H groups in total. The molecule has 0 fully saturated rings. The highest BCUT2D eigenvalue weighted by Gasteiger charge is 2.12. The van der Waals surface area contributed by atoms with Gasteiger partial charge in [-0.1, -0.05) is 56.2 Å². The molecule has 0 aromatic heterocycles. The van der Waals surface area contributed by atoms with Gasteiger partial charge in [-0.25, -0.2) is 0 Å². The number of nitrogens with one attached hydrogen (secondary N) is 1. The molecule has 0 spiro atoms. The minimum absolute atomic E-state index is 0.0158. The second kappa shape index (κ2) is 14.5. The lowest BCUT2D eigenvalue weighted by atomic mass is 10.1. The van der Waals surface area contributed by atoms with E-state index < -0.39 is 0 Å². The zero-order valence-corrected chi connectivity index (χ0v) is 18.6. The Morgan fingerprint density at radius 1 is 1.00 bits per heavy atom. The summed E-state index contributed by atoms with van der Waals surface area (Å²) in [7, 11) is 0. The van der Waals surface area contributed by atoms with Crippen LogP contribution in [0.2, 0.25) is 0 Å². The van der Waals surface area contributed by atoms with Gasteiger partial charge in [0.1, 0.15) is 0 Å². The number of hydrogen-bond donors (Lipinski definition) is 1. The van der Waals surface area contributed by atoms with Crippen molar-refractivity contribution < 1.29 is 14.3 Å². The van der Waals surface area contributed by atoms with E-state index in [2.05, 4.69) is 42.6 Å². The summed E-state index contributed by atoms with van der Waals surface area (Å²) in [5.41, 5.74) is 1.29. The highest BCUT2D eigenvalue weighted by Crippen LogP contribution is 2.32. The van der Waals surface area contributed by atoms with Gasteiger partial charge in [-0.05, 0) is 69.6 Å². The molecule has 0 bridgehead atoms. The van der Waals surface area contributed by atoms with E-state index in [4.69, 9.17) is 9.47 Å². The summed E-state index contributed by atoms with van der Waals surface area (Å²) in [6.45, 7) is 4.41. The molecule has 0 aliphatic carbocycles. The van der Waals surface area contributed by atoms with Crippen molar-refractivity contribution in [2.75, 3.05) is 6.79 Å². The second-order valence-electron chi connectivity index (χ2n) is 7.79. The number of benzene rings is 1. The molecule has 1 aliphatic rings. The Labute approximate surface area is 182 Å². The monoisotopic (exact) mass is 411 g/mol. The van der Waals surface area contributed by atoms with Crippen LogP contribution in [0.1, 0.15) is 70.8 Å². The molecule has 30 heavy (non-hydrogen) atoms. The van der Waals surface area contributed by atoms with Gasteiger partial charge in [0.05, 0.1) is 0 Å². The van der Waals surface area contributed by atoms with Crippen molar-refractivity contribution in [1.82, 2.24) is 5.32 Å². The Morgan fingerprint density at radius 3 is 2.53 bits per heavy atom. The number of carbonyl (C=O) groups is 1. The molecule has 4 heteroatoms. The predicted molar refractivity (Wildman–Crippen MR) is 124 cm³/mol. The lowest BCUT2D eigenvalue weighted by Gasteiger charge is -2.07. The molecule has 4 nitrogen and oxygen atoms in total. The number of fused-ring (bicyclic) bond motifs is 1. The van der Waals surface area contributed by atoms with E-state index in [1.165, 1.54) is 31.2 Å².